The largest absolute Gasteiger partial charge is 0.419 e. The van der Waals surface area contributed by atoms with Crippen molar-refractivity contribution >= 4 is 34.3 Å². The van der Waals surface area contributed by atoms with Crippen molar-refractivity contribution in [2.24, 2.45) is 0 Å². The quantitative estimate of drug-likeness (QED) is 0.789. The van der Waals surface area contributed by atoms with Crippen LogP contribution >= 0.6 is 11.6 Å². The number of hydrogen-bond donors (Lipinski definition) is 1. The average molecular weight is 342 g/mol. The summed E-state index contributed by atoms with van der Waals surface area (Å²) in [5.74, 6) is -0.799. The topological polar surface area (TPSA) is 88.0 Å². The van der Waals surface area contributed by atoms with E-state index in [1.165, 1.54) is 4.57 Å². The number of fused-ring (bicyclic) bond motifs is 1. The molecule has 0 unspecified atom stereocenters. The van der Waals surface area contributed by atoms with Crippen LogP contribution in [0.15, 0.2) is 51.7 Å². The predicted octanol–water partition coefficient (Wildman–Crippen LogP) is 3.15. The Bertz CT molecular complexity index is 1010. The minimum Gasteiger partial charge on any atom is -0.408 e. The highest BCUT2D eigenvalue weighted by molar-refractivity contribution is 6.31. The maximum atomic E-state index is 12.0. The van der Waals surface area contributed by atoms with E-state index in [-0.39, 0.29) is 18.9 Å². The molecule has 6 nitrogen and oxygen atoms in total. The van der Waals surface area contributed by atoms with Gasteiger partial charge in [-0.3, -0.25) is 9.36 Å². The summed E-state index contributed by atoms with van der Waals surface area (Å²) in [6.07, 6.45) is 0.0912. The van der Waals surface area contributed by atoms with Gasteiger partial charge < -0.3 is 9.73 Å². The van der Waals surface area contributed by atoms with Crippen LogP contribution in [0.1, 0.15) is 12.0 Å². The normalized spacial score (nSPS) is 10.5. The fraction of sp³-hybridized carbons (Fsp3) is 0.118. The molecule has 1 aromatic heterocycles. The molecule has 0 aliphatic heterocycles. The van der Waals surface area contributed by atoms with Gasteiger partial charge in [0.05, 0.1) is 17.1 Å². The van der Waals surface area contributed by atoms with Gasteiger partial charge in [0.2, 0.25) is 5.91 Å². The summed E-state index contributed by atoms with van der Waals surface area (Å²) in [6.45, 7) is 0.178. The number of carbonyl (C=O) groups is 1. The SMILES string of the molecule is N#Cc1cccc(NC(=O)CCn2c(=O)oc3cc(Cl)ccc32)c1. The van der Waals surface area contributed by atoms with Gasteiger partial charge in [-0.1, -0.05) is 17.7 Å². The van der Waals surface area contributed by atoms with E-state index >= 15 is 0 Å². The molecule has 0 radical (unpaired) electrons. The van der Waals surface area contributed by atoms with E-state index in [9.17, 15) is 9.59 Å². The standard InChI is InChI=1S/C17H12ClN3O3/c18-12-4-5-14-15(9-12)24-17(23)21(14)7-6-16(22)20-13-3-1-2-11(8-13)10-19/h1-5,8-9H,6-7H2,(H,20,22). The first-order chi connectivity index (χ1) is 11.6. The number of hydrogen-bond acceptors (Lipinski definition) is 4. The lowest BCUT2D eigenvalue weighted by atomic mass is 10.2. The number of nitriles is 1. The number of benzene rings is 2. The molecule has 0 spiro atoms. The summed E-state index contributed by atoms with van der Waals surface area (Å²) in [5.41, 5.74) is 1.97. The fourth-order valence-corrected chi connectivity index (χ4v) is 2.52. The molecule has 120 valence electrons. The smallest absolute Gasteiger partial charge is 0.408 e. The Kier molecular flexibility index (Phi) is 4.36. The maximum absolute atomic E-state index is 12.0. The molecule has 0 bridgehead atoms. The van der Waals surface area contributed by atoms with Crippen molar-refractivity contribution in [2.75, 3.05) is 5.32 Å². The van der Waals surface area contributed by atoms with Crippen LogP contribution in [-0.4, -0.2) is 10.5 Å². The zero-order valence-electron chi connectivity index (χ0n) is 12.5. The van der Waals surface area contributed by atoms with Crippen molar-refractivity contribution < 1.29 is 9.21 Å². The Hall–Kier alpha value is -3.04. The molecule has 3 rings (SSSR count). The van der Waals surface area contributed by atoms with E-state index < -0.39 is 5.76 Å². The Morgan fingerprint density at radius 1 is 1.29 bits per heavy atom. The molecule has 0 saturated heterocycles. The predicted molar refractivity (Wildman–Crippen MR) is 89.9 cm³/mol. The lowest BCUT2D eigenvalue weighted by molar-refractivity contribution is -0.116. The number of nitrogens with zero attached hydrogens (tertiary/aromatic N) is 2. The van der Waals surface area contributed by atoms with E-state index in [0.717, 1.165) is 0 Å². The van der Waals surface area contributed by atoms with Gasteiger partial charge in [-0.2, -0.15) is 5.26 Å². The van der Waals surface area contributed by atoms with Crippen LogP contribution in [0.4, 0.5) is 5.69 Å². The second kappa shape index (κ2) is 6.60. The van der Waals surface area contributed by atoms with Crippen LogP contribution in [0.2, 0.25) is 5.02 Å². The fourth-order valence-electron chi connectivity index (χ4n) is 2.36. The summed E-state index contributed by atoms with van der Waals surface area (Å²) in [4.78, 5) is 23.9. The number of carbonyl (C=O) groups excluding carboxylic acids is 1. The number of halogens is 1. The number of oxazole rings is 1. The molecule has 1 amide bonds. The third kappa shape index (κ3) is 3.31. The summed E-state index contributed by atoms with van der Waals surface area (Å²) in [5, 5.41) is 12.0. The maximum Gasteiger partial charge on any atom is 0.419 e. The minimum atomic E-state index is -0.536. The van der Waals surface area contributed by atoms with Crippen molar-refractivity contribution in [3.63, 3.8) is 0 Å². The third-order valence-electron chi connectivity index (χ3n) is 3.47. The first-order valence-corrected chi connectivity index (χ1v) is 7.53. The highest BCUT2D eigenvalue weighted by atomic mass is 35.5. The van der Waals surface area contributed by atoms with Crippen molar-refractivity contribution in [3.8, 4) is 6.07 Å². The Morgan fingerprint density at radius 3 is 2.92 bits per heavy atom. The van der Waals surface area contributed by atoms with Gasteiger partial charge in [-0.05, 0) is 30.3 Å². The molecule has 7 heteroatoms. The molecule has 3 aromatic rings. The number of anilines is 1. The summed E-state index contributed by atoms with van der Waals surface area (Å²) in [6, 6.07) is 13.5. The van der Waals surface area contributed by atoms with Crippen LogP contribution < -0.4 is 11.1 Å². The second-order valence-electron chi connectivity index (χ2n) is 5.12. The van der Waals surface area contributed by atoms with Gasteiger partial charge in [0.25, 0.3) is 0 Å². The van der Waals surface area contributed by atoms with Crippen LogP contribution in [-0.2, 0) is 11.3 Å². The number of nitrogens with one attached hydrogen (secondary N) is 1. The van der Waals surface area contributed by atoms with Crippen molar-refractivity contribution in [1.29, 1.82) is 5.26 Å². The monoisotopic (exact) mass is 341 g/mol. The first-order valence-electron chi connectivity index (χ1n) is 7.16. The number of rotatable bonds is 4. The lowest BCUT2D eigenvalue weighted by Crippen LogP contribution is -2.19. The van der Waals surface area contributed by atoms with E-state index in [4.69, 9.17) is 21.3 Å². The Labute approximate surface area is 141 Å². The molecule has 0 aliphatic rings. The van der Waals surface area contributed by atoms with E-state index in [1.54, 1.807) is 42.5 Å². The van der Waals surface area contributed by atoms with Gasteiger partial charge in [-0.25, -0.2) is 4.79 Å². The van der Waals surface area contributed by atoms with Gasteiger partial charge in [0.1, 0.15) is 0 Å². The number of amides is 1. The van der Waals surface area contributed by atoms with Gasteiger partial charge in [-0.15, -0.1) is 0 Å². The molecule has 0 atom stereocenters. The van der Waals surface area contributed by atoms with Crippen LogP contribution in [0.5, 0.6) is 0 Å². The molecule has 24 heavy (non-hydrogen) atoms. The third-order valence-corrected chi connectivity index (χ3v) is 3.70. The molecule has 0 fully saturated rings. The summed E-state index contributed by atoms with van der Waals surface area (Å²) in [7, 11) is 0. The van der Waals surface area contributed by atoms with E-state index in [2.05, 4.69) is 5.32 Å². The lowest BCUT2D eigenvalue weighted by Gasteiger charge is -2.06. The molecule has 2 aromatic carbocycles. The van der Waals surface area contributed by atoms with Crippen molar-refractivity contribution in [1.82, 2.24) is 4.57 Å². The van der Waals surface area contributed by atoms with E-state index in [1.807, 2.05) is 6.07 Å². The van der Waals surface area contributed by atoms with Crippen LogP contribution in [0, 0.1) is 11.3 Å². The number of aryl methyl sites for hydroxylation is 1. The molecule has 0 saturated carbocycles. The highest BCUT2D eigenvalue weighted by Crippen LogP contribution is 2.18. The van der Waals surface area contributed by atoms with Crippen molar-refractivity contribution in [3.05, 3.63) is 63.6 Å². The highest BCUT2D eigenvalue weighted by Gasteiger charge is 2.11. The van der Waals surface area contributed by atoms with Gasteiger partial charge in [0.15, 0.2) is 5.58 Å². The van der Waals surface area contributed by atoms with Gasteiger partial charge >= 0.3 is 5.76 Å². The second-order valence-corrected chi connectivity index (χ2v) is 5.56. The van der Waals surface area contributed by atoms with Crippen LogP contribution in [0.3, 0.4) is 0 Å². The first kappa shape index (κ1) is 15.8. The molecular weight excluding hydrogens is 330 g/mol. The van der Waals surface area contributed by atoms with E-state index in [0.29, 0.717) is 27.4 Å². The molecule has 1 heterocycles. The van der Waals surface area contributed by atoms with Gasteiger partial charge in [0, 0.05) is 29.7 Å². The zero-order valence-corrected chi connectivity index (χ0v) is 13.2. The summed E-state index contributed by atoms with van der Waals surface area (Å²) >= 11 is 5.86. The Balaban J connectivity index is 1.71. The molecular formula is C17H12ClN3O3. The van der Waals surface area contributed by atoms with Crippen LogP contribution in [0.25, 0.3) is 11.1 Å². The molecule has 0 aliphatic carbocycles. The molecule has 1 N–H and O–H groups in total. The van der Waals surface area contributed by atoms with Crippen molar-refractivity contribution in [2.45, 2.75) is 13.0 Å². The summed E-state index contributed by atoms with van der Waals surface area (Å²) < 4.78 is 6.50. The average Bonchev–Trinajstić information content (AvgIpc) is 2.87. The number of aromatic nitrogens is 1. The minimum absolute atomic E-state index is 0.0912. The zero-order chi connectivity index (χ0) is 17.1. The Morgan fingerprint density at radius 2 is 2.12 bits per heavy atom.